The predicted molar refractivity (Wildman–Crippen MR) is 119 cm³/mol. The number of aliphatic imine (C=N–C) groups is 1. The van der Waals surface area contributed by atoms with E-state index in [1.54, 1.807) is 12.1 Å². The smallest absolute Gasteiger partial charge is 0.191 e. The normalized spacial score (nSPS) is 11.3. The summed E-state index contributed by atoms with van der Waals surface area (Å²) in [5.41, 5.74) is 2.65. The molecule has 144 valence electrons. The molecule has 2 aromatic carbocycles. The lowest BCUT2D eigenvalue weighted by Gasteiger charge is -2.11. The van der Waals surface area contributed by atoms with E-state index < -0.39 is 0 Å². The quantitative estimate of drug-likeness (QED) is 0.207. The average molecular weight is 481 g/mol. The fourth-order valence-corrected chi connectivity index (χ4v) is 2.72. The number of H-pyrrole nitrogens is 1. The van der Waals surface area contributed by atoms with Crippen LogP contribution in [0.15, 0.2) is 53.5 Å². The Hall–Kier alpha value is -2.16. The molecule has 1 aromatic heterocycles. The number of fused-ring (bicyclic) bond motifs is 1. The summed E-state index contributed by atoms with van der Waals surface area (Å²) in [7, 11) is 0. The van der Waals surface area contributed by atoms with Gasteiger partial charge in [0.2, 0.25) is 0 Å². The van der Waals surface area contributed by atoms with Crippen molar-refractivity contribution in [2.75, 3.05) is 13.1 Å². The SMILES string of the molecule is CCNC(=NCc1ccccc1F)NCCCc1nc2ccccc2[nH]1.I. The number of hydrogen-bond donors (Lipinski definition) is 3. The lowest BCUT2D eigenvalue weighted by Crippen LogP contribution is -2.37. The number of hydrogen-bond acceptors (Lipinski definition) is 2. The van der Waals surface area contributed by atoms with E-state index in [1.807, 2.05) is 37.3 Å². The van der Waals surface area contributed by atoms with Crippen LogP contribution in [0.1, 0.15) is 24.7 Å². The third-order valence-electron chi connectivity index (χ3n) is 4.03. The van der Waals surface area contributed by atoms with Crippen LogP contribution in [0, 0.1) is 5.82 Å². The maximum atomic E-state index is 13.7. The lowest BCUT2D eigenvalue weighted by atomic mass is 10.2. The van der Waals surface area contributed by atoms with Crippen molar-refractivity contribution < 1.29 is 4.39 Å². The standard InChI is InChI=1S/C20H24FN5.HI/c1-2-22-20(24-14-15-8-3-4-9-16(15)21)23-13-7-12-19-25-17-10-5-6-11-18(17)26-19;/h3-6,8-11H,2,7,12-14H2,1H3,(H,25,26)(H2,22,23,24);1H. The van der Waals surface area contributed by atoms with E-state index in [-0.39, 0.29) is 29.8 Å². The number of nitrogens with one attached hydrogen (secondary N) is 3. The first-order valence-electron chi connectivity index (χ1n) is 8.95. The second-order valence-electron chi connectivity index (χ2n) is 6.02. The largest absolute Gasteiger partial charge is 0.357 e. The van der Waals surface area contributed by atoms with E-state index >= 15 is 0 Å². The van der Waals surface area contributed by atoms with Gasteiger partial charge in [-0.15, -0.1) is 24.0 Å². The zero-order valence-electron chi connectivity index (χ0n) is 15.3. The molecule has 27 heavy (non-hydrogen) atoms. The molecule has 0 spiro atoms. The van der Waals surface area contributed by atoms with Gasteiger partial charge in [0.15, 0.2) is 5.96 Å². The van der Waals surface area contributed by atoms with Crippen molar-refractivity contribution in [3.63, 3.8) is 0 Å². The predicted octanol–water partition coefficient (Wildman–Crippen LogP) is 4.01. The Morgan fingerprint density at radius 2 is 1.89 bits per heavy atom. The van der Waals surface area contributed by atoms with Crippen LogP contribution in [0.2, 0.25) is 0 Å². The molecule has 0 saturated heterocycles. The summed E-state index contributed by atoms with van der Waals surface area (Å²) in [5, 5.41) is 6.47. The number of nitrogens with zero attached hydrogens (tertiary/aromatic N) is 2. The second kappa shape index (κ2) is 10.9. The van der Waals surface area contributed by atoms with Gasteiger partial charge in [0.25, 0.3) is 0 Å². The van der Waals surface area contributed by atoms with Gasteiger partial charge in [-0.2, -0.15) is 0 Å². The molecule has 0 aliphatic heterocycles. The molecular formula is C20H25FIN5. The van der Waals surface area contributed by atoms with Gasteiger partial charge in [-0.3, -0.25) is 0 Å². The lowest BCUT2D eigenvalue weighted by molar-refractivity contribution is 0.610. The molecule has 3 N–H and O–H groups in total. The highest BCUT2D eigenvalue weighted by Gasteiger charge is 2.03. The van der Waals surface area contributed by atoms with Crippen LogP contribution in [0.25, 0.3) is 11.0 Å². The Labute approximate surface area is 175 Å². The molecule has 0 aliphatic rings. The zero-order chi connectivity index (χ0) is 18.2. The number of halogens is 2. The molecule has 1 heterocycles. The number of aryl methyl sites for hydroxylation is 1. The molecule has 0 fully saturated rings. The van der Waals surface area contributed by atoms with Crippen LogP contribution < -0.4 is 10.6 Å². The number of rotatable bonds is 7. The molecule has 0 radical (unpaired) electrons. The molecule has 0 bridgehead atoms. The monoisotopic (exact) mass is 481 g/mol. The highest BCUT2D eigenvalue weighted by molar-refractivity contribution is 14.0. The van der Waals surface area contributed by atoms with E-state index in [0.717, 1.165) is 42.8 Å². The van der Waals surface area contributed by atoms with Crippen molar-refractivity contribution in [2.45, 2.75) is 26.3 Å². The second-order valence-corrected chi connectivity index (χ2v) is 6.02. The maximum absolute atomic E-state index is 13.7. The molecule has 0 unspecified atom stereocenters. The van der Waals surface area contributed by atoms with Crippen LogP contribution >= 0.6 is 24.0 Å². The van der Waals surface area contributed by atoms with Crippen molar-refractivity contribution in [1.29, 1.82) is 0 Å². The Morgan fingerprint density at radius 1 is 1.11 bits per heavy atom. The van der Waals surface area contributed by atoms with Gasteiger partial charge in [0.05, 0.1) is 17.6 Å². The van der Waals surface area contributed by atoms with Gasteiger partial charge in [-0.1, -0.05) is 30.3 Å². The van der Waals surface area contributed by atoms with Gasteiger partial charge >= 0.3 is 0 Å². The van der Waals surface area contributed by atoms with Crippen molar-refractivity contribution in [1.82, 2.24) is 20.6 Å². The van der Waals surface area contributed by atoms with Crippen molar-refractivity contribution in [3.8, 4) is 0 Å². The fourth-order valence-electron chi connectivity index (χ4n) is 2.72. The minimum absolute atomic E-state index is 0. The zero-order valence-corrected chi connectivity index (χ0v) is 17.7. The summed E-state index contributed by atoms with van der Waals surface area (Å²) in [6, 6.07) is 14.7. The first-order valence-corrected chi connectivity index (χ1v) is 8.95. The highest BCUT2D eigenvalue weighted by atomic mass is 127. The van der Waals surface area contributed by atoms with Gasteiger partial charge in [-0.25, -0.2) is 14.4 Å². The molecule has 5 nitrogen and oxygen atoms in total. The number of aromatic nitrogens is 2. The van der Waals surface area contributed by atoms with Gasteiger partial charge in [0.1, 0.15) is 11.6 Å². The van der Waals surface area contributed by atoms with Crippen LogP contribution in [0.5, 0.6) is 0 Å². The summed E-state index contributed by atoms with van der Waals surface area (Å²) in [6.07, 6.45) is 1.78. The third kappa shape index (κ3) is 6.20. The molecule has 7 heteroatoms. The molecule has 0 atom stereocenters. The molecule has 0 amide bonds. The molecular weight excluding hydrogens is 456 g/mol. The van der Waals surface area contributed by atoms with E-state index in [1.165, 1.54) is 6.07 Å². The molecule has 3 rings (SSSR count). The number of benzene rings is 2. The van der Waals surface area contributed by atoms with E-state index in [0.29, 0.717) is 18.1 Å². The van der Waals surface area contributed by atoms with Crippen molar-refractivity contribution in [2.24, 2.45) is 4.99 Å². The number of aromatic amines is 1. The topological polar surface area (TPSA) is 65.1 Å². The van der Waals surface area contributed by atoms with E-state index in [9.17, 15) is 4.39 Å². The Balaban J connectivity index is 0.00000261. The maximum Gasteiger partial charge on any atom is 0.191 e. The third-order valence-corrected chi connectivity index (χ3v) is 4.03. The minimum Gasteiger partial charge on any atom is -0.357 e. The van der Waals surface area contributed by atoms with Crippen molar-refractivity contribution >= 4 is 41.0 Å². The molecule has 0 saturated carbocycles. The molecule has 0 aliphatic carbocycles. The number of imidazole rings is 1. The van der Waals surface area contributed by atoms with Crippen LogP contribution in [-0.4, -0.2) is 29.0 Å². The summed E-state index contributed by atoms with van der Waals surface area (Å²) in [4.78, 5) is 12.4. The summed E-state index contributed by atoms with van der Waals surface area (Å²) < 4.78 is 13.7. The Bertz CT molecular complexity index is 844. The fraction of sp³-hybridized carbons (Fsp3) is 0.300. The van der Waals surface area contributed by atoms with E-state index in [4.69, 9.17) is 0 Å². The summed E-state index contributed by atoms with van der Waals surface area (Å²) in [6.45, 7) is 3.84. The Kier molecular flexibility index (Phi) is 8.50. The van der Waals surface area contributed by atoms with Gasteiger partial charge < -0.3 is 15.6 Å². The number of para-hydroxylation sites is 2. The van der Waals surface area contributed by atoms with Crippen LogP contribution in [-0.2, 0) is 13.0 Å². The molecule has 3 aromatic rings. The Morgan fingerprint density at radius 3 is 2.67 bits per heavy atom. The number of guanidine groups is 1. The summed E-state index contributed by atoms with van der Waals surface area (Å²) >= 11 is 0. The van der Waals surface area contributed by atoms with Crippen LogP contribution in [0.4, 0.5) is 4.39 Å². The highest BCUT2D eigenvalue weighted by Crippen LogP contribution is 2.11. The average Bonchev–Trinajstić information content (AvgIpc) is 3.07. The van der Waals surface area contributed by atoms with Crippen molar-refractivity contribution in [3.05, 3.63) is 65.7 Å². The summed E-state index contributed by atoms with van der Waals surface area (Å²) in [5.74, 6) is 1.46. The minimum atomic E-state index is -0.225. The first-order chi connectivity index (χ1) is 12.8. The van der Waals surface area contributed by atoms with Gasteiger partial charge in [0, 0.05) is 25.1 Å². The van der Waals surface area contributed by atoms with Gasteiger partial charge in [-0.05, 0) is 31.5 Å². The van der Waals surface area contributed by atoms with E-state index in [2.05, 4.69) is 25.6 Å². The van der Waals surface area contributed by atoms with Crippen LogP contribution in [0.3, 0.4) is 0 Å². The first kappa shape index (κ1) is 21.1.